The molecule has 2 aliphatic rings. The van der Waals surface area contributed by atoms with Crippen LogP contribution in [-0.2, 0) is 11.2 Å². The van der Waals surface area contributed by atoms with Crippen molar-refractivity contribution in [2.45, 2.75) is 44.0 Å². The van der Waals surface area contributed by atoms with Crippen LogP contribution >= 0.6 is 0 Å². The van der Waals surface area contributed by atoms with Crippen molar-refractivity contribution in [1.29, 1.82) is 0 Å². The van der Waals surface area contributed by atoms with Gasteiger partial charge in [0, 0.05) is 24.5 Å². The summed E-state index contributed by atoms with van der Waals surface area (Å²) in [6.45, 7) is 2.83. The molecule has 0 saturated carbocycles. The highest BCUT2D eigenvalue weighted by molar-refractivity contribution is 5.16. The van der Waals surface area contributed by atoms with Crippen LogP contribution in [0.15, 0.2) is 29.4 Å². The summed E-state index contributed by atoms with van der Waals surface area (Å²) in [6, 6.07) is 5.99. The highest BCUT2D eigenvalue weighted by atomic mass is 19.1. The van der Waals surface area contributed by atoms with E-state index in [4.69, 9.17) is 10.3 Å². The van der Waals surface area contributed by atoms with Crippen LogP contribution in [0.25, 0.3) is 10.4 Å². The minimum Gasteiger partial charge on any atom is -0.376 e. The molecule has 0 N–H and O–H groups in total. The zero-order valence-corrected chi connectivity index (χ0v) is 14.2. The molecule has 0 amide bonds. The lowest BCUT2D eigenvalue weighted by molar-refractivity contribution is -0.0523. The molecule has 0 radical (unpaired) electrons. The van der Waals surface area contributed by atoms with E-state index in [1.54, 1.807) is 0 Å². The van der Waals surface area contributed by atoms with Gasteiger partial charge >= 0.3 is 0 Å². The predicted octanol–water partition coefficient (Wildman–Crippen LogP) is 3.89. The number of halogens is 2. The SMILES string of the molecule is [N-]=[N+]=N[C@@H]1[C@H](F)CCO[C@@H]1CN1CCC(Cc2ccc(F)cc2)CC1. The highest BCUT2D eigenvalue weighted by Gasteiger charge is 2.35. The normalized spacial score (nSPS) is 28.5. The van der Waals surface area contributed by atoms with Crippen LogP contribution in [-0.4, -0.2) is 49.5 Å². The second-order valence-corrected chi connectivity index (χ2v) is 6.98. The molecule has 0 spiro atoms. The average Bonchev–Trinajstić information content (AvgIpc) is 2.62. The molecule has 136 valence electrons. The van der Waals surface area contributed by atoms with Gasteiger partial charge in [-0.25, -0.2) is 8.78 Å². The van der Waals surface area contributed by atoms with E-state index < -0.39 is 12.2 Å². The lowest BCUT2D eigenvalue weighted by Gasteiger charge is -2.38. The first kappa shape index (κ1) is 18.1. The Balaban J connectivity index is 1.48. The van der Waals surface area contributed by atoms with Crippen LogP contribution in [0, 0.1) is 11.7 Å². The topological polar surface area (TPSA) is 61.2 Å². The largest absolute Gasteiger partial charge is 0.376 e. The van der Waals surface area contributed by atoms with Gasteiger partial charge in [-0.2, -0.15) is 0 Å². The number of azide groups is 1. The number of rotatable bonds is 5. The van der Waals surface area contributed by atoms with E-state index in [0.29, 0.717) is 25.5 Å². The second kappa shape index (κ2) is 8.61. The second-order valence-electron chi connectivity index (χ2n) is 6.98. The van der Waals surface area contributed by atoms with Crippen molar-refractivity contribution in [3.63, 3.8) is 0 Å². The summed E-state index contributed by atoms with van der Waals surface area (Å²) >= 11 is 0. The lowest BCUT2D eigenvalue weighted by Crippen LogP contribution is -2.49. The smallest absolute Gasteiger partial charge is 0.123 e. The van der Waals surface area contributed by atoms with Gasteiger partial charge in [-0.1, -0.05) is 17.2 Å². The van der Waals surface area contributed by atoms with Crippen LogP contribution in [0.3, 0.4) is 0 Å². The quantitative estimate of drug-likeness (QED) is 0.459. The summed E-state index contributed by atoms with van der Waals surface area (Å²) in [4.78, 5) is 5.05. The Labute approximate surface area is 146 Å². The third kappa shape index (κ3) is 4.91. The summed E-state index contributed by atoms with van der Waals surface area (Å²) < 4.78 is 32.6. The van der Waals surface area contributed by atoms with Crippen molar-refractivity contribution >= 4 is 0 Å². The molecule has 0 unspecified atom stereocenters. The van der Waals surface area contributed by atoms with Crippen LogP contribution in [0.4, 0.5) is 8.78 Å². The number of hydrogen-bond donors (Lipinski definition) is 0. The van der Waals surface area contributed by atoms with E-state index in [9.17, 15) is 8.78 Å². The van der Waals surface area contributed by atoms with Crippen LogP contribution in [0.5, 0.6) is 0 Å². The first-order valence-corrected chi connectivity index (χ1v) is 8.92. The zero-order valence-electron chi connectivity index (χ0n) is 14.2. The molecule has 2 saturated heterocycles. The van der Waals surface area contributed by atoms with Crippen LogP contribution < -0.4 is 0 Å². The van der Waals surface area contributed by atoms with Gasteiger partial charge in [0.2, 0.25) is 0 Å². The Morgan fingerprint density at radius 2 is 1.92 bits per heavy atom. The van der Waals surface area contributed by atoms with Crippen molar-refractivity contribution in [2.75, 3.05) is 26.2 Å². The molecule has 3 atom stereocenters. The molecule has 2 aliphatic heterocycles. The third-order valence-corrected chi connectivity index (χ3v) is 5.24. The zero-order chi connectivity index (χ0) is 17.6. The van der Waals surface area contributed by atoms with Gasteiger partial charge in [-0.15, -0.1) is 0 Å². The molecule has 7 heteroatoms. The minimum absolute atomic E-state index is 0.202. The fourth-order valence-corrected chi connectivity index (χ4v) is 3.78. The van der Waals surface area contributed by atoms with Crippen molar-refractivity contribution in [1.82, 2.24) is 4.90 Å². The Hall–Kier alpha value is -1.69. The van der Waals surface area contributed by atoms with Gasteiger partial charge in [0.1, 0.15) is 12.0 Å². The van der Waals surface area contributed by atoms with E-state index in [-0.39, 0.29) is 11.9 Å². The van der Waals surface area contributed by atoms with Crippen molar-refractivity contribution in [2.24, 2.45) is 11.0 Å². The van der Waals surface area contributed by atoms with Gasteiger partial charge < -0.3 is 9.64 Å². The molecule has 25 heavy (non-hydrogen) atoms. The molecule has 1 aromatic rings. The molecule has 0 aromatic heterocycles. The number of piperidine rings is 1. The molecule has 3 rings (SSSR count). The maximum Gasteiger partial charge on any atom is 0.123 e. The lowest BCUT2D eigenvalue weighted by atomic mass is 9.89. The molecular weight excluding hydrogens is 326 g/mol. The third-order valence-electron chi connectivity index (χ3n) is 5.24. The molecule has 0 aliphatic carbocycles. The van der Waals surface area contributed by atoms with E-state index in [1.807, 2.05) is 12.1 Å². The first-order chi connectivity index (χ1) is 12.2. The van der Waals surface area contributed by atoms with Gasteiger partial charge in [0.25, 0.3) is 0 Å². The number of alkyl halides is 1. The van der Waals surface area contributed by atoms with Gasteiger partial charge in [-0.05, 0) is 61.5 Å². The summed E-state index contributed by atoms with van der Waals surface area (Å²) in [5, 5.41) is 3.61. The predicted molar refractivity (Wildman–Crippen MR) is 91.5 cm³/mol. The Morgan fingerprint density at radius 3 is 2.60 bits per heavy atom. The fourth-order valence-electron chi connectivity index (χ4n) is 3.78. The van der Waals surface area contributed by atoms with Crippen LogP contribution in [0.1, 0.15) is 24.8 Å². The minimum atomic E-state index is -1.12. The Bertz CT molecular complexity index is 598. The maximum atomic E-state index is 14.0. The molecule has 1 aromatic carbocycles. The molecular formula is C18H24F2N4O. The van der Waals surface area contributed by atoms with Crippen molar-refractivity contribution in [3.05, 3.63) is 46.1 Å². The van der Waals surface area contributed by atoms with E-state index >= 15 is 0 Å². The number of likely N-dealkylation sites (tertiary alicyclic amines) is 1. The van der Waals surface area contributed by atoms with Gasteiger partial charge in [-0.3, -0.25) is 0 Å². The van der Waals surface area contributed by atoms with E-state index in [0.717, 1.165) is 32.4 Å². The Kier molecular flexibility index (Phi) is 6.24. The highest BCUT2D eigenvalue weighted by Crippen LogP contribution is 2.25. The van der Waals surface area contributed by atoms with Gasteiger partial charge in [0.15, 0.2) is 0 Å². The van der Waals surface area contributed by atoms with Crippen molar-refractivity contribution in [3.8, 4) is 0 Å². The van der Waals surface area contributed by atoms with Gasteiger partial charge in [0.05, 0.1) is 12.1 Å². The Morgan fingerprint density at radius 1 is 1.20 bits per heavy atom. The van der Waals surface area contributed by atoms with Crippen LogP contribution in [0.2, 0.25) is 0 Å². The number of hydrogen-bond acceptors (Lipinski definition) is 3. The molecule has 2 fully saturated rings. The summed E-state index contributed by atoms with van der Waals surface area (Å²) in [6.07, 6.45) is 1.87. The maximum absolute atomic E-state index is 14.0. The number of benzene rings is 1. The standard InChI is InChI=1S/C18H24F2N4O/c19-15-3-1-13(2-4-15)11-14-5-8-24(9-6-14)12-17-18(22-23-21)16(20)7-10-25-17/h1-4,14,16-18H,5-12H2/t16-,17-,18-/m1/s1. The molecule has 0 bridgehead atoms. The monoisotopic (exact) mass is 350 g/mol. The molecule has 2 heterocycles. The van der Waals surface area contributed by atoms with E-state index in [1.165, 1.54) is 17.7 Å². The average molecular weight is 350 g/mol. The summed E-state index contributed by atoms with van der Waals surface area (Å²) in [5.74, 6) is 0.377. The molecule has 5 nitrogen and oxygen atoms in total. The summed E-state index contributed by atoms with van der Waals surface area (Å²) in [5.41, 5.74) is 9.82. The van der Waals surface area contributed by atoms with Crippen molar-refractivity contribution < 1.29 is 13.5 Å². The number of nitrogens with zero attached hydrogens (tertiary/aromatic N) is 4. The first-order valence-electron chi connectivity index (χ1n) is 8.92. The van der Waals surface area contributed by atoms with E-state index in [2.05, 4.69) is 14.9 Å². The fraction of sp³-hybridized carbons (Fsp3) is 0.667. The number of ether oxygens (including phenoxy) is 1. The summed E-state index contributed by atoms with van der Waals surface area (Å²) in [7, 11) is 0.